The van der Waals surface area contributed by atoms with Crippen molar-refractivity contribution in [3.63, 3.8) is 0 Å². The number of benzene rings is 2. The first kappa shape index (κ1) is 14.1. The highest BCUT2D eigenvalue weighted by molar-refractivity contribution is 5.93. The highest BCUT2D eigenvalue weighted by Crippen LogP contribution is 2.22. The van der Waals surface area contributed by atoms with Gasteiger partial charge >= 0.3 is 0 Å². The van der Waals surface area contributed by atoms with Gasteiger partial charge in [-0.15, -0.1) is 0 Å². The third-order valence-corrected chi connectivity index (χ3v) is 3.25. The topological polar surface area (TPSA) is 75.3 Å². The normalized spacial score (nSPS) is 13.5. The van der Waals surface area contributed by atoms with Gasteiger partial charge in [0.15, 0.2) is 0 Å². The van der Waals surface area contributed by atoms with Gasteiger partial charge in [0.2, 0.25) is 5.91 Å². The molecule has 0 bridgehead atoms. The van der Waals surface area contributed by atoms with Crippen molar-refractivity contribution in [2.75, 3.05) is 5.32 Å². The zero-order valence-electron chi connectivity index (χ0n) is 11.3. The van der Waals surface area contributed by atoms with Crippen LogP contribution in [0.4, 0.5) is 5.69 Å². The van der Waals surface area contributed by atoms with E-state index in [2.05, 4.69) is 5.32 Å². The molecule has 0 saturated carbocycles. The monoisotopic (exact) mass is 270 g/mol. The van der Waals surface area contributed by atoms with Gasteiger partial charge < -0.3 is 16.2 Å². The van der Waals surface area contributed by atoms with Crippen molar-refractivity contribution in [1.29, 1.82) is 0 Å². The van der Waals surface area contributed by atoms with Crippen molar-refractivity contribution >= 4 is 11.6 Å². The molecule has 2 unspecified atom stereocenters. The number of carbonyl (C=O) groups excluding carboxylic acids is 1. The van der Waals surface area contributed by atoms with Crippen LogP contribution in [0.1, 0.15) is 18.5 Å². The second-order valence-electron chi connectivity index (χ2n) is 4.76. The predicted molar refractivity (Wildman–Crippen MR) is 79.3 cm³/mol. The quantitative estimate of drug-likeness (QED) is 0.799. The van der Waals surface area contributed by atoms with E-state index >= 15 is 0 Å². The number of carbonyl (C=O) groups is 1. The Labute approximate surface area is 118 Å². The fraction of sp³-hybridized carbons (Fsp3) is 0.188. The SMILES string of the molecule is CC(C(=O)Nc1cccc(O)c1)C(N)c1ccccc1. The molecule has 2 aromatic carbocycles. The van der Waals surface area contributed by atoms with Gasteiger partial charge in [-0.2, -0.15) is 0 Å². The molecule has 4 nitrogen and oxygen atoms in total. The molecule has 2 rings (SSSR count). The summed E-state index contributed by atoms with van der Waals surface area (Å²) in [5.41, 5.74) is 7.59. The molecule has 0 aliphatic carbocycles. The standard InChI is InChI=1S/C16H18N2O2/c1-11(15(17)12-6-3-2-4-7-12)16(20)18-13-8-5-9-14(19)10-13/h2-11,15,19H,17H2,1H3,(H,18,20). The van der Waals surface area contributed by atoms with Crippen LogP contribution >= 0.6 is 0 Å². The average Bonchev–Trinajstić information content (AvgIpc) is 2.46. The Bertz CT molecular complexity index is 584. The van der Waals surface area contributed by atoms with E-state index in [9.17, 15) is 9.90 Å². The summed E-state index contributed by atoms with van der Waals surface area (Å²) < 4.78 is 0. The Morgan fingerprint density at radius 3 is 2.50 bits per heavy atom. The summed E-state index contributed by atoms with van der Waals surface area (Å²) in [5.74, 6) is -0.436. The van der Waals surface area contributed by atoms with Gasteiger partial charge in [0.1, 0.15) is 5.75 Å². The van der Waals surface area contributed by atoms with Gasteiger partial charge in [0.05, 0.1) is 5.92 Å². The van der Waals surface area contributed by atoms with Crippen molar-refractivity contribution < 1.29 is 9.90 Å². The van der Waals surface area contributed by atoms with Crippen LogP contribution in [0.3, 0.4) is 0 Å². The first-order valence-electron chi connectivity index (χ1n) is 6.48. The first-order valence-corrected chi connectivity index (χ1v) is 6.48. The van der Waals surface area contributed by atoms with E-state index in [0.717, 1.165) is 5.56 Å². The van der Waals surface area contributed by atoms with Crippen LogP contribution in [0.15, 0.2) is 54.6 Å². The Balaban J connectivity index is 2.05. The van der Waals surface area contributed by atoms with Crippen molar-refractivity contribution in [3.8, 4) is 5.75 Å². The van der Waals surface area contributed by atoms with Gasteiger partial charge in [-0.25, -0.2) is 0 Å². The number of nitrogens with two attached hydrogens (primary N) is 1. The molecule has 0 saturated heterocycles. The number of amides is 1. The third-order valence-electron chi connectivity index (χ3n) is 3.25. The fourth-order valence-corrected chi connectivity index (χ4v) is 1.97. The summed E-state index contributed by atoms with van der Waals surface area (Å²) in [4.78, 5) is 12.2. The van der Waals surface area contributed by atoms with Crippen LogP contribution in [0, 0.1) is 5.92 Å². The summed E-state index contributed by atoms with van der Waals surface area (Å²) in [5, 5.41) is 12.1. The maximum absolute atomic E-state index is 12.2. The van der Waals surface area contributed by atoms with E-state index in [1.165, 1.54) is 6.07 Å². The molecular formula is C16H18N2O2. The summed E-state index contributed by atoms with van der Waals surface area (Å²) in [6, 6.07) is 15.6. The molecule has 2 aromatic rings. The van der Waals surface area contributed by atoms with E-state index in [0.29, 0.717) is 5.69 Å². The number of rotatable bonds is 4. The molecule has 104 valence electrons. The second kappa shape index (κ2) is 6.21. The second-order valence-corrected chi connectivity index (χ2v) is 4.76. The zero-order valence-corrected chi connectivity index (χ0v) is 11.3. The Morgan fingerprint density at radius 1 is 1.15 bits per heavy atom. The summed E-state index contributed by atoms with van der Waals surface area (Å²) in [6.45, 7) is 1.79. The molecule has 0 heterocycles. The number of aromatic hydroxyl groups is 1. The summed E-state index contributed by atoms with van der Waals surface area (Å²) in [7, 11) is 0. The average molecular weight is 270 g/mol. The number of phenolic OH excluding ortho intramolecular Hbond substituents is 1. The lowest BCUT2D eigenvalue weighted by Gasteiger charge is -2.19. The molecule has 0 aromatic heterocycles. The zero-order chi connectivity index (χ0) is 14.5. The minimum atomic E-state index is -0.375. The molecule has 4 N–H and O–H groups in total. The lowest BCUT2D eigenvalue weighted by molar-refractivity contribution is -0.120. The number of hydrogen-bond acceptors (Lipinski definition) is 3. The number of phenols is 1. The van der Waals surface area contributed by atoms with Crippen LogP contribution in [0.5, 0.6) is 5.75 Å². The smallest absolute Gasteiger partial charge is 0.229 e. The third kappa shape index (κ3) is 3.36. The molecule has 1 amide bonds. The molecule has 0 spiro atoms. The van der Waals surface area contributed by atoms with E-state index in [1.807, 2.05) is 30.3 Å². The minimum Gasteiger partial charge on any atom is -0.508 e. The predicted octanol–water partition coefficient (Wildman–Crippen LogP) is 2.67. The number of nitrogens with one attached hydrogen (secondary N) is 1. The van der Waals surface area contributed by atoms with Crippen molar-refractivity contribution in [3.05, 3.63) is 60.2 Å². The lowest BCUT2D eigenvalue weighted by Crippen LogP contribution is -2.30. The van der Waals surface area contributed by atoms with Crippen LogP contribution in [-0.4, -0.2) is 11.0 Å². The van der Waals surface area contributed by atoms with Crippen LogP contribution in [0.2, 0.25) is 0 Å². The Kier molecular flexibility index (Phi) is 4.38. The Morgan fingerprint density at radius 2 is 1.85 bits per heavy atom. The van der Waals surface area contributed by atoms with E-state index < -0.39 is 0 Å². The van der Waals surface area contributed by atoms with Crippen molar-refractivity contribution in [2.24, 2.45) is 11.7 Å². The maximum Gasteiger partial charge on any atom is 0.229 e. The van der Waals surface area contributed by atoms with Gasteiger partial charge in [-0.1, -0.05) is 43.3 Å². The molecule has 20 heavy (non-hydrogen) atoms. The van der Waals surface area contributed by atoms with Gasteiger partial charge in [0.25, 0.3) is 0 Å². The van der Waals surface area contributed by atoms with E-state index in [1.54, 1.807) is 25.1 Å². The van der Waals surface area contributed by atoms with Gasteiger partial charge in [-0.3, -0.25) is 4.79 Å². The largest absolute Gasteiger partial charge is 0.508 e. The molecule has 0 radical (unpaired) electrons. The fourth-order valence-electron chi connectivity index (χ4n) is 1.97. The molecule has 0 fully saturated rings. The van der Waals surface area contributed by atoms with Crippen molar-refractivity contribution in [2.45, 2.75) is 13.0 Å². The highest BCUT2D eigenvalue weighted by atomic mass is 16.3. The minimum absolute atomic E-state index is 0.114. The lowest BCUT2D eigenvalue weighted by atomic mass is 9.94. The van der Waals surface area contributed by atoms with Crippen molar-refractivity contribution in [1.82, 2.24) is 0 Å². The van der Waals surface area contributed by atoms with Crippen LogP contribution < -0.4 is 11.1 Å². The molecular weight excluding hydrogens is 252 g/mol. The Hall–Kier alpha value is -2.33. The van der Waals surface area contributed by atoms with E-state index in [4.69, 9.17) is 5.73 Å². The summed E-state index contributed by atoms with van der Waals surface area (Å²) >= 11 is 0. The number of hydrogen-bond donors (Lipinski definition) is 3. The molecule has 4 heteroatoms. The van der Waals surface area contributed by atoms with Crippen LogP contribution in [0.25, 0.3) is 0 Å². The van der Waals surface area contributed by atoms with Gasteiger partial charge in [0, 0.05) is 17.8 Å². The van der Waals surface area contributed by atoms with Crippen LogP contribution in [-0.2, 0) is 4.79 Å². The van der Waals surface area contributed by atoms with Gasteiger partial charge in [-0.05, 0) is 17.7 Å². The first-order chi connectivity index (χ1) is 9.58. The highest BCUT2D eigenvalue weighted by Gasteiger charge is 2.22. The maximum atomic E-state index is 12.2. The summed E-state index contributed by atoms with van der Waals surface area (Å²) in [6.07, 6.45) is 0. The molecule has 2 atom stereocenters. The molecule has 0 aliphatic rings. The van der Waals surface area contributed by atoms with E-state index in [-0.39, 0.29) is 23.6 Å². The molecule has 0 aliphatic heterocycles. The number of anilines is 1.